The SMILES string of the molecule is CCC(=O)Nc1ccc(C(=O)CSc2ccc3ccccc3n2)cc1. The van der Waals surface area contributed by atoms with Crippen LogP contribution in [-0.4, -0.2) is 22.4 Å². The predicted octanol–water partition coefficient (Wildman–Crippen LogP) is 4.56. The number of nitrogens with zero attached hydrogens (tertiary/aromatic N) is 1. The van der Waals surface area contributed by atoms with Crippen molar-refractivity contribution >= 4 is 40.0 Å². The van der Waals surface area contributed by atoms with Crippen LogP contribution in [0.4, 0.5) is 5.69 Å². The van der Waals surface area contributed by atoms with Crippen LogP contribution >= 0.6 is 11.8 Å². The zero-order chi connectivity index (χ0) is 17.6. The molecule has 0 spiro atoms. The second-order valence-electron chi connectivity index (χ2n) is 5.53. The van der Waals surface area contributed by atoms with Gasteiger partial charge in [-0.25, -0.2) is 4.98 Å². The van der Waals surface area contributed by atoms with Crippen molar-refractivity contribution in [3.8, 4) is 0 Å². The Hall–Kier alpha value is -2.66. The fourth-order valence-electron chi connectivity index (χ4n) is 2.34. The molecule has 0 radical (unpaired) electrons. The molecule has 0 aliphatic carbocycles. The van der Waals surface area contributed by atoms with Crippen molar-refractivity contribution in [2.45, 2.75) is 18.4 Å². The number of thioether (sulfide) groups is 1. The van der Waals surface area contributed by atoms with E-state index in [1.54, 1.807) is 31.2 Å². The number of para-hydroxylation sites is 1. The second-order valence-corrected chi connectivity index (χ2v) is 6.53. The number of hydrogen-bond acceptors (Lipinski definition) is 4. The fraction of sp³-hybridized carbons (Fsp3) is 0.150. The van der Waals surface area contributed by atoms with Crippen LogP contribution in [0.1, 0.15) is 23.7 Å². The van der Waals surface area contributed by atoms with Crippen molar-refractivity contribution < 1.29 is 9.59 Å². The van der Waals surface area contributed by atoms with Gasteiger partial charge in [0.25, 0.3) is 0 Å². The number of carbonyl (C=O) groups is 2. The first kappa shape index (κ1) is 17.2. The van der Waals surface area contributed by atoms with E-state index in [4.69, 9.17) is 0 Å². The third-order valence-electron chi connectivity index (χ3n) is 3.74. The van der Waals surface area contributed by atoms with Crippen molar-refractivity contribution in [3.05, 3.63) is 66.2 Å². The number of Topliss-reactive ketones (excluding diaryl/α,β-unsaturated/α-hetero) is 1. The first-order valence-corrected chi connectivity index (χ1v) is 9.06. The van der Waals surface area contributed by atoms with Gasteiger partial charge in [0.2, 0.25) is 5.91 Å². The highest BCUT2D eigenvalue weighted by atomic mass is 32.2. The van der Waals surface area contributed by atoms with Crippen LogP contribution in [0.25, 0.3) is 10.9 Å². The lowest BCUT2D eigenvalue weighted by Gasteiger charge is -2.05. The molecular weight excluding hydrogens is 332 g/mol. The number of hydrogen-bond donors (Lipinski definition) is 1. The molecule has 0 aliphatic rings. The molecule has 0 bridgehead atoms. The summed E-state index contributed by atoms with van der Waals surface area (Å²) in [7, 11) is 0. The topological polar surface area (TPSA) is 59.1 Å². The third kappa shape index (κ3) is 4.45. The zero-order valence-corrected chi connectivity index (χ0v) is 14.7. The van der Waals surface area contributed by atoms with E-state index in [0.29, 0.717) is 23.4 Å². The Bertz CT molecular complexity index is 907. The molecule has 2 aromatic carbocycles. The van der Waals surface area contributed by atoms with E-state index in [0.717, 1.165) is 15.9 Å². The molecule has 0 saturated carbocycles. The summed E-state index contributed by atoms with van der Waals surface area (Å²) in [5.41, 5.74) is 2.26. The van der Waals surface area contributed by atoms with Crippen molar-refractivity contribution in [2.24, 2.45) is 0 Å². The van der Waals surface area contributed by atoms with Gasteiger partial charge in [-0.15, -0.1) is 0 Å². The molecule has 5 heteroatoms. The average molecular weight is 350 g/mol. The van der Waals surface area contributed by atoms with Crippen LogP contribution in [-0.2, 0) is 4.79 Å². The maximum Gasteiger partial charge on any atom is 0.224 e. The van der Waals surface area contributed by atoms with Crippen LogP contribution in [0.5, 0.6) is 0 Å². The predicted molar refractivity (Wildman–Crippen MR) is 102 cm³/mol. The molecule has 0 atom stereocenters. The molecule has 25 heavy (non-hydrogen) atoms. The van der Waals surface area contributed by atoms with Gasteiger partial charge in [0.1, 0.15) is 0 Å². The van der Waals surface area contributed by atoms with Crippen LogP contribution in [0, 0.1) is 0 Å². The van der Waals surface area contributed by atoms with Gasteiger partial charge in [0, 0.05) is 23.1 Å². The molecule has 1 aromatic heterocycles. The summed E-state index contributed by atoms with van der Waals surface area (Å²) in [6.07, 6.45) is 0.427. The monoisotopic (exact) mass is 350 g/mol. The molecule has 1 amide bonds. The molecule has 1 N–H and O–H groups in total. The Balaban J connectivity index is 1.62. The largest absolute Gasteiger partial charge is 0.326 e. The van der Waals surface area contributed by atoms with Gasteiger partial charge in [-0.2, -0.15) is 0 Å². The Morgan fingerprint density at radius 1 is 1.00 bits per heavy atom. The third-order valence-corrected chi connectivity index (χ3v) is 4.67. The Morgan fingerprint density at radius 2 is 1.76 bits per heavy atom. The minimum absolute atomic E-state index is 0.0355. The smallest absolute Gasteiger partial charge is 0.224 e. The highest BCUT2D eigenvalue weighted by Crippen LogP contribution is 2.21. The summed E-state index contributed by atoms with van der Waals surface area (Å²) in [5.74, 6) is 0.316. The molecule has 1 heterocycles. The van der Waals surface area contributed by atoms with E-state index in [2.05, 4.69) is 10.3 Å². The quantitative estimate of drug-likeness (QED) is 0.523. The second kappa shape index (κ2) is 7.94. The summed E-state index contributed by atoms with van der Waals surface area (Å²) in [4.78, 5) is 28.3. The molecular formula is C20H18N2O2S. The Labute approximate surface area is 150 Å². The lowest BCUT2D eigenvalue weighted by atomic mass is 10.1. The molecule has 0 saturated heterocycles. The van der Waals surface area contributed by atoms with Gasteiger partial charge in [-0.05, 0) is 36.4 Å². The lowest BCUT2D eigenvalue weighted by Crippen LogP contribution is -2.09. The van der Waals surface area contributed by atoms with Crippen LogP contribution < -0.4 is 5.32 Å². The number of ketones is 1. The molecule has 0 unspecified atom stereocenters. The van der Waals surface area contributed by atoms with Crippen molar-refractivity contribution in [1.29, 1.82) is 0 Å². The van der Waals surface area contributed by atoms with Crippen molar-refractivity contribution in [2.75, 3.05) is 11.1 Å². The van der Waals surface area contributed by atoms with E-state index >= 15 is 0 Å². The van der Waals surface area contributed by atoms with Crippen molar-refractivity contribution in [1.82, 2.24) is 4.98 Å². The molecule has 126 valence electrons. The van der Waals surface area contributed by atoms with Crippen molar-refractivity contribution in [3.63, 3.8) is 0 Å². The first-order chi connectivity index (χ1) is 12.2. The molecule has 3 rings (SSSR count). The van der Waals surface area contributed by atoms with Gasteiger partial charge in [-0.3, -0.25) is 9.59 Å². The Kier molecular flexibility index (Phi) is 5.46. The summed E-state index contributed by atoms with van der Waals surface area (Å²) >= 11 is 1.43. The number of benzene rings is 2. The highest BCUT2D eigenvalue weighted by Gasteiger charge is 2.08. The number of amides is 1. The summed E-state index contributed by atoms with van der Waals surface area (Å²) < 4.78 is 0. The van der Waals surface area contributed by atoms with Gasteiger partial charge >= 0.3 is 0 Å². The highest BCUT2D eigenvalue weighted by molar-refractivity contribution is 7.99. The molecule has 4 nitrogen and oxygen atoms in total. The number of rotatable bonds is 6. The minimum atomic E-state index is -0.0444. The molecule has 0 aliphatic heterocycles. The van der Waals surface area contributed by atoms with Crippen LogP contribution in [0.3, 0.4) is 0 Å². The number of pyridine rings is 1. The summed E-state index contributed by atoms with van der Waals surface area (Å²) in [5, 5.41) is 4.69. The Morgan fingerprint density at radius 3 is 2.52 bits per heavy atom. The number of fused-ring (bicyclic) bond motifs is 1. The number of anilines is 1. The van der Waals surface area contributed by atoms with Gasteiger partial charge in [-0.1, -0.05) is 43.0 Å². The average Bonchev–Trinajstić information content (AvgIpc) is 2.66. The van der Waals surface area contributed by atoms with E-state index in [1.807, 2.05) is 36.4 Å². The maximum absolute atomic E-state index is 12.3. The lowest BCUT2D eigenvalue weighted by molar-refractivity contribution is -0.115. The van der Waals surface area contributed by atoms with Gasteiger partial charge in [0.15, 0.2) is 5.78 Å². The summed E-state index contributed by atoms with van der Waals surface area (Å²) in [6, 6.07) is 18.8. The van der Waals surface area contributed by atoms with Crippen LogP contribution in [0.2, 0.25) is 0 Å². The number of aromatic nitrogens is 1. The van der Waals surface area contributed by atoms with E-state index < -0.39 is 0 Å². The maximum atomic E-state index is 12.3. The first-order valence-electron chi connectivity index (χ1n) is 8.07. The number of carbonyl (C=O) groups excluding carboxylic acids is 2. The zero-order valence-electron chi connectivity index (χ0n) is 13.9. The van der Waals surface area contributed by atoms with E-state index in [9.17, 15) is 9.59 Å². The molecule has 3 aromatic rings. The fourth-order valence-corrected chi connectivity index (χ4v) is 3.11. The number of nitrogens with one attached hydrogen (secondary N) is 1. The van der Waals surface area contributed by atoms with Gasteiger partial charge < -0.3 is 5.32 Å². The molecule has 0 fully saturated rings. The van der Waals surface area contributed by atoms with E-state index in [-0.39, 0.29) is 11.7 Å². The summed E-state index contributed by atoms with van der Waals surface area (Å²) in [6.45, 7) is 1.80. The van der Waals surface area contributed by atoms with Gasteiger partial charge in [0.05, 0.1) is 16.3 Å². The normalized spacial score (nSPS) is 10.6. The minimum Gasteiger partial charge on any atom is -0.326 e. The van der Waals surface area contributed by atoms with Crippen LogP contribution in [0.15, 0.2) is 65.7 Å². The van der Waals surface area contributed by atoms with E-state index in [1.165, 1.54) is 11.8 Å². The standard InChI is InChI=1S/C20H18N2O2S/c1-2-19(24)21-16-10-7-15(8-11-16)18(23)13-25-20-12-9-14-5-3-4-6-17(14)22-20/h3-12H,2,13H2,1H3,(H,21,24).